The fourth-order valence-corrected chi connectivity index (χ4v) is 4.81. The average Bonchev–Trinajstić information content (AvgIpc) is 3.18. The molecule has 0 aliphatic heterocycles. The lowest BCUT2D eigenvalue weighted by molar-refractivity contribution is 0.664. The summed E-state index contributed by atoms with van der Waals surface area (Å²) in [6.07, 6.45) is 0. The largest absolute Gasteiger partial charge is 0.282 e. The molecule has 0 saturated heterocycles. The molecule has 0 aliphatic rings. The van der Waals surface area contributed by atoms with E-state index in [1.807, 2.05) is 40.3 Å². The highest BCUT2D eigenvalue weighted by Crippen LogP contribution is 2.25. The molecule has 2 heterocycles. The summed E-state index contributed by atoms with van der Waals surface area (Å²) in [4.78, 5) is 19.1. The maximum atomic E-state index is 13.1. The van der Waals surface area contributed by atoms with Crippen molar-refractivity contribution in [3.8, 4) is 0 Å². The third-order valence-corrected chi connectivity index (χ3v) is 6.47. The number of aryl methyl sites for hydroxylation is 2. The van der Waals surface area contributed by atoms with E-state index in [-0.39, 0.29) is 5.56 Å². The zero-order valence-electron chi connectivity index (χ0n) is 15.3. The maximum Gasteiger partial charge on any atom is 0.262 e. The molecule has 2 aromatic heterocycles. The van der Waals surface area contributed by atoms with Gasteiger partial charge in [-0.25, -0.2) is 4.98 Å². The topological polar surface area (TPSA) is 34.9 Å². The van der Waals surface area contributed by atoms with Crippen LogP contribution in [0.25, 0.3) is 10.9 Å². The molecule has 0 fully saturated rings. The summed E-state index contributed by atoms with van der Waals surface area (Å²) >= 11 is 3.29. The van der Waals surface area contributed by atoms with Crippen LogP contribution in [0, 0.1) is 13.8 Å². The van der Waals surface area contributed by atoms with E-state index in [1.165, 1.54) is 16.7 Å². The molecular formula is C22H20N2OS2. The first-order valence-corrected chi connectivity index (χ1v) is 10.7. The van der Waals surface area contributed by atoms with E-state index < -0.39 is 0 Å². The second-order valence-electron chi connectivity index (χ2n) is 6.60. The number of nitrogens with zero attached hydrogens (tertiary/aromatic N) is 2. The maximum absolute atomic E-state index is 13.1. The smallest absolute Gasteiger partial charge is 0.262 e. The number of para-hydroxylation sites is 1. The monoisotopic (exact) mass is 392 g/mol. The van der Waals surface area contributed by atoms with E-state index in [0.717, 1.165) is 21.3 Å². The molecule has 5 heteroatoms. The van der Waals surface area contributed by atoms with Gasteiger partial charge in [0, 0.05) is 10.6 Å². The van der Waals surface area contributed by atoms with Gasteiger partial charge in [-0.1, -0.05) is 53.7 Å². The van der Waals surface area contributed by atoms with E-state index >= 15 is 0 Å². The highest BCUT2D eigenvalue weighted by atomic mass is 32.2. The molecule has 0 saturated carbocycles. The Morgan fingerprint density at radius 3 is 2.74 bits per heavy atom. The minimum Gasteiger partial charge on any atom is -0.282 e. The number of benzene rings is 2. The van der Waals surface area contributed by atoms with Crippen LogP contribution in [0.1, 0.15) is 21.6 Å². The number of hydrogen-bond donors (Lipinski definition) is 0. The lowest BCUT2D eigenvalue weighted by Crippen LogP contribution is -2.23. The van der Waals surface area contributed by atoms with Crippen molar-refractivity contribution in [2.24, 2.45) is 0 Å². The Morgan fingerprint density at radius 2 is 1.93 bits per heavy atom. The second kappa shape index (κ2) is 7.71. The molecule has 0 N–H and O–H groups in total. The van der Waals surface area contributed by atoms with Gasteiger partial charge in [0.05, 0.1) is 17.4 Å². The van der Waals surface area contributed by atoms with Gasteiger partial charge in [-0.2, -0.15) is 0 Å². The van der Waals surface area contributed by atoms with Crippen molar-refractivity contribution in [3.63, 3.8) is 0 Å². The van der Waals surface area contributed by atoms with Gasteiger partial charge in [-0.15, -0.1) is 11.3 Å². The van der Waals surface area contributed by atoms with Crippen molar-refractivity contribution < 1.29 is 0 Å². The molecule has 3 nitrogen and oxygen atoms in total. The number of fused-ring (bicyclic) bond motifs is 1. The number of thioether (sulfide) groups is 1. The van der Waals surface area contributed by atoms with Crippen LogP contribution in [0.5, 0.6) is 0 Å². The second-order valence-corrected chi connectivity index (χ2v) is 8.58. The SMILES string of the molecule is Cc1ccc(C)c(CSc2nc3ccccc3c(=O)n2Cc2cccs2)c1. The highest BCUT2D eigenvalue weighted by Gasteiger charge is 2.13. The molecule has 2 aromatic carbocycles. The minimum atomic E-state index is 0.0254. The number of rotatable bonds is 5. The molecule has 0 atom stereocenters. The predicted octanol–water partition coefficient (Wildman–Crippen LogP) is 5.42. The Morgan fingerprint density at radius 1 is 1.07 bits per heavy atom. The highest BCUT2D eigenvalue weighted by molar-refractivity contribution is 7.98. The summed E-state index contributed by atoms with van der Waals surface area (Å²) in [7, 11) is 0. The van der Waals surface area contributed by atoms with Crippen LogP contribution in [-0.2, 0) is 12.3 Å². The Labute approximate surface area is 166 Å². The molecule has 4 rings (SSSR count). The zero-order chi connectivity index (χ0) is 18.8. The van der Waals surface area contributed by atoms with Gasteiger partial charge in [-0.3, -0.25) is 9.36 Å². The summed E-state index contributed by atoms with van der Waals surface area (Å²) in [5, 5.41) is 3.48. The van der Waals surface area contributed by atoms with Crippen molar-refractivity contribution >= 4 is 34.0 Å². The summed E-state index contributed by atoms with van der Waals surface area (Å²) < 4.78 is 1.81. The van der Waals surface area contributed by atoms with Crippen LogP contribution in [0.2, 0.25) is 0 Å². The Hall–Kier alpha value is -2.37. The summed E-state index contributed by atoms with van der Waals surface area (Å²) in [5.41, 5.74) is 4.58. The molecule has 0 unspecified atom stereocenters. The van der Waals surface area contributed by atoms with Crippen LogP contribution in [-0.4, -0.2) is 9.55 Å². The van der Waals surface area contributed by atoms with Crippen molar-refractivity contribution in [1.82, 2.24) is 9.55 Å². The Kier molecular flexibility index (Phi) is 5.14. The first-order chi connectivity index (χ1) is 13.1. The van der Waals surface area contributed by atoms with Gasteiger partial charge < -0.3 is 0 Å². The van der Waals surface area contributed by atoms with E-state index in [1.54, 1.807) is 23.1 Å². The van der Waals surface area contributed by atoms with E-state index in [9.17, 15) is 4.79 Å². The molecule has 0 amide bonds. The van der Waals surface area contributed by atoms with Crippen molar-refractivity contribution in [3.05, 3.63) is 91.9 Å². The molecule has 136 valence electrons. The number of thiophene rings is 1. The van der Waals surface area contributed by atoms with Crippen LogP contribution >= 0.6 is 23.1 Å². The Balaban J connectivity index is 1.75. The van der Waals surface area contributed by atoms with Gasteiger partial charge in [0.2, 0.25) is 0 Å². The number of hydrogen-bond acceptors (Lipinski definition) is 4. The third-order valence-electron chi connectivity index (χ3n) is 4.58. The van der Waals surface area contributed by atoms with E-state index in [4.69, 9.17) is 4.98 Å². The summed E-state index contributed by atoms with van der Waals surface area (Å²) in [6.45, 7) is 4.79. The van der Waals surface area contributed by atoms with Crippen LogP contribution < -0.4 is 5.56 Å². The zero-order valence-corrected chi connectivity index (χ0v) is 16.9. The quantitative estimate of drug-likeness (QED) is 0.336. The fourth-order valence-electron chi connectivity index (χ4n) is 3.05. The van der Waals surface area contributed by atoms with Crippen LogP contribution in [0.3, 0.4) is 0 Å². The Bertz CT molecular complexity index is 1150. The van der Waals surface area contributed by atoms with Gasteiger partial charge >= 0.3 is 0 Å². The standard InChI is InChI=1S/C22H20N2OS2/c1-15-9-10-16(2)17(12-15)14-27-22-23-20-8-4-3-7-19(20)21(25)24(22)13-18-6-5-11-26-18/h3-12H,13-14H2,1-2H3. The molecule has 0 bridgehead atoms. The first kappa shape index (κ1) is 18.0. The van der Waals surface area contributed by atoms with Gasteiger partial charge in [-0.05, 0) is 48.6 Å². The molecule has 0 spiro atoms. The van der Waals surface area contributed by atoms with Gasteiger partial charge in [0.1, 0.15) is 0 Å². The number of aromatic nitrogens is 2. The van der Waals surface area contributed by atoms with Crippen molar-refractivity contribution in [2.75, 3.05) is 0 Å². The van der Waals surface area contributed by atoms with Crippen molar-refractivity contribution in [2.45, 2.75) is 31.3 Å². The fraction of sp³-hybridized carbons (Fsp3) is 0.182. The molecule has 4 aromatic rings. The first-order valence-electron chi connectivity index (χ1n) is 8.83. The molecule has 27 heavy (non-hydrogen) atoms. The van der Waals surface area contributed by atoms with Crippen LogP contribution in [0.15, 0.2) is 69.9 Å². The molecule has 0 radical (unpaired) electrons. The van der Waals surface area contributed by atoms with E-state index in [0.29, 0.717) is 11.9 Å². The minimum absolute atomic E-state index is 0.0254. The summed E-state index contributed by atoms with van der Waals surface area (Å²) in [6, 6.07) is 18.2. The molecule has 0 aliphatic carbocycles. The molecular weight excluding hydrogens is 372 g/mol. The van der Waals surface area contributed by atoms with E-state index in [2.05, 4.69) is 38.1 Å². The summed E-state index contributed by atoms with van der Waals surface area (Å²) in [5.74, 6) is 0.794. The lowest BCUT2D eigenvalue weighted by atomic mass is 10.1. The average molecular weight is 393 g/mol. The predicted molar refractivity (Wildman–Crippen MR) is 115 cm³/mol. The van der Waals surface area contributed by atoms with Crippen molar-refractivity contribution in [1.29, 1.82) is 0 Å². The van der Waals surface area contributed by atoms with Gasteiger partial charge in [0.25, 0.3) is 5.56 Å². The van der Waals surface area contributed by atoms with Gasteiger partial charge in [0.15, 0.2) is 5.16 Å². The normalized spacial score (nSPS) is 11.2. The lowest BCUT2D eigenvalue weighted by Gasteiger charge is -2.13. The third kappa shape index (κ3) is 3.84. The van der Waals surface area contributed by atoms with Crippen LogP contribution in [0.4, 0.5) is 0 Å².